The fourth-order valence-electron chi connectivity index (χ4n) is 1.85. The van der Waals surface area contributed by atoms with Gasteiger partial charge < -0.3 is 4.74 Å². The zero-order chi connectivity index (χ0) is 14.0. The Bertz CT molecular complexity index is 529. The Morgan fingerprint density at radius 3 is 2.68 bits per heavy atom. The lowest BCUT2D eigenvalue weighted by Gasteiger charge is -2.20. The van der Waals surface area contributed by atoms with E-state index in [1.54, 1.807) is 6.07 Å². The molecule has 0 spiro atoms. The lowest BCUT2D eigenvalue weighted by molar-refractivity contribution is 0.203. The van der Waals surface area contributed by atoms with Crippen molar-refractivity contribution in [2.75, 3.05) is 27.2 Å². The van der Waals surface area contributed by atoms with Gasteiger partial charge in [0, 0.05) is 26.7 Å². The van der Waals surface area contributed by atoms with E-state index in [-0.39, 0.29) is 6.10 Å². The number of nitrogens with zero attached hydrogens (tertiary/aromatic N) is 4. The van der Waals surface area contributed by atoms with Gasteiger partial charge in [0.15, 0.2) is 0 Å². The molecule has 1 aliphatic heterocycles. The highest BCUT2D eigenvalue weighted by Crippen LogP contribution is 2.19. The highest BCUT2D eigenvalue weighted by atomic mass is 32.2. The second-order valence-corrected chi connectivity index (χ2v) is 6.83. The molecule has 2 heterocycles. The molecule has 19 heavy (non-hydrogen) atoms. The lowest BCUT2D eigenvalue weighted by Crippen LogP contribution is -2.39. The first-order valence-corrected chi connectivity index (χ1v) is 7.44. The summed E-state index contributed by atoms with van der Waals surface area (Å²) in [5.74, 6) is 0.430. The van der Waals surface area contributed by atoms with Gasteiger partial charge in [0.1, 0.15) is 6.10 Å². The van der Waals surface area contributed by atoms with Gasteiger partial charge in [-0.3, -0.25) is 0 Å². The summed E-state index contributed by atoms with van der Waals surface area (Å²) in [6.45, 7) is 2.65. The van der Waals surface area contributed by atoms with Gasteiger partial charge in [0.2, 0.25) is 5.88 Å². The summed E-state index contributed by atoms with van der Waals surface area (Å²) in [6, 6.07) is 3.55. The van der Waals surface area contributed by atoms with Crippen molar-refractivity contribution >= 4 is 10.2 Å². The SMILES string of the molecule is Cc1ccc(OC2CCN(S(=O)(=O)N(C)C)C2)nn1. The first-order chi connectivity index (χ1) is 8.89. The van der Waals surface area contributed by atoms with Crippen molar-refractivity contribution in [1.29, 1.82) is 0 Å². The molecular formula is C11H18N4O3S. The summed E-state index contributed by atoms with van der Waals surface area (Å²) in [6.07, 6.45) is 0.481. The Morgan fingerprint density at radius 2 is 2.11 bits per heavy atom. The van der Waals surface area contributed by atoms with Gasteiger partial charge in [-0.25, -0.2) is 0 Å². The van der Waals surface area contributed by atoms with Crippen molar-refractivity contribution in [1.82, 2.24) is 18.8 Å². The number of aryl methyl sites for hydroxylation is 1. The highest BCUT2D eigenvalue weighted by molar-refractivity contribution is 7.86. The van der Waals surface area contributed by atoms with Crippen LogP contribution in [0.15, 0.2) is 12.1 Å². The van der Waals surface area contributed by atoms with Crippen molar-refractivity contribution in [3.63, 3.8) is 0 Å². The second-order valence-electron chi connectivity index (χ2n) is 4.69. The quantitative estimate of drug-likeness (QED) is 0.781. The fraction of sp³-hybridized carbons (Fsp3) is 0.636. The molecule has 0 amide bonds. The second kappa shape index (κ2) is 5.40. The summed E-state index contributed by atoms with van der Waals surface area (Å²) in [5, 5.41) is 7.82. The summed E-state index contributed by atoms with van der Waals surface area (Å²) < 4.78 is 32.1. The van der Waals surface area contributed by atoms with Crippen molar-refractivity contribution in [3.8, 4) is 5.88 Å². The average Bonchev–Trinajstić information content (AvgIpc) is 2.81. The molecule has 7 nitrogen and oxygen atoms in total. The highest BCUT2D eigenvalue weighted by Gasteiger charge is 2.33. The molecule has 106 valence electrons. The molecule has 2 rings (SSSR count). The normalized spacial score (nSPS) is 20.9. The molecule has 0 bridgehead atoms. The van der Waals surface area contributed by atoms with Crippen molar-refractivity contribution in [3.05, 3.63) is 17.8 Å². The van der Waals surface area contributed by atoms with Gasteiger partial charge >= 0.3 is 0 Å². The van der Waals surface area contributed by atoms with Crippen LogP contribution in [0.2, 0.25) is 0 Å². The molecule has 1 aliphatic rings. The molecule has 0 aromatic carbocycles. The molecule has 1 saturated heterocycles. The van der Waals surface area contributed by atoms with Crippen LogP contribution in [0.5, 0.6) is 5.88 Å². The maximum atomic E-state index is 11.9. The molecule has 8 heteroatoms. The van der Waals surface area contributed by atoms with E-state index >= 15 is 0 Å². The molecule has 0 aliphatic carbocycles. The van der Waals surface area contributed by atoms with Crippen LogP contribution in [0, 0.1) is 6.92 Å². The van der Waals surface area contributed by atoms with Gasteiger partial charge in [-0.2, -0.15) is 22.1 Å². The predicted molar refractivity (Wildman–Crippen MR) is 70.0 cm³/mol. The summed E-state index contributed by atoms with van der Waals surface area (Å²) in [4.78, 5) is 0. The van der Waals surface area contributed by atoms with Crippen molar-refractivity contribution in [2.45, 2.75) is 19.4 Å². The number of rotatable bonds is 4. The molecule has 0 saturated carbocycles. The Labute approximate surface area is 113 Å². The van der Waals surface area contributed by atoms with E-state index in [9.17, 15) is 8.42 Å². The van der Waals surface area contributed by atoms with Crippen LogP contribution < -0.4 is 4.74 Å². The predicted octanol–water partition coefficient (Wildman–Crippen LogP) is 0.0445. The zero-order valence-electron chi connectivity index (χ0n) is 11.3. The third kappa shape index (κ3) is 3.20. The average molecular weight is 286 g/mol. The molecule has 1 aromatic heterocycles. The molecule has 1 atom stereocenters. The molecule has 1 aromatic rings. The Kier molecular flexibility index (Phi) is 4.02. The van der Waals surface area contributed by atoms with E-state index in [0.29, 0.717) is 25.4 Å². The third-order valence-electron chi connectivity index (χ3n) is 2.96. The molecule has 0 N–H and O–H groups in total. The van der Waals surface area contributed by atoms with E-state index < -0.39 is 10.2 Å². The fourth-order valence-corrected chi connectivity index (χ4v) is 3.01. The van der Waals surface area contributed by atoms with Gasteiger partial charge in [0.05, 0.1) is 12.2 Å². The van der Waals surface area contributed by atoms with Crippen molar-refractivity contribution in [2.24, 2.45) is 0 Å². The summed E-state index contributed by atoms with van der Waals surface area (Å²) in [5.41, 5.74) is 0.815. The summed E-state index contributed by atoms with van der Waals surface area (Å²) >= 11 is 0. The Hall–Kier alpha value is -1.25. The van der Waals surface area contributed by atoms with Gasteiger partial charge in [-0.1, -0.05) is 0 Å². The number of hydrogen-bond acceptors (Lipinski definition) is 5. The molecule has 1 fully saturated rings. The number of hydrogen-bond donors (Lipinski definition) is 0. The van der Waals surface area contributed by atoms with E-state index in [0.717, 1.165) is 5.69 Å². The van der Waals surface area contributed by atoms with E-state index in [1.807, 2.05) is 13.0 Å². The van der Waals surface area contributed by atoms with Gasteiger partial charge in [-0.05, 0) is 19.4 Å². The van der Waals surface area contributed by atoms with E-state index in [1.165, 1.54) is 22.7 Å². The first kappa shape index (κ1) is 14.2. The first-order valence-electron chi connectivity index (χ1n) is 6.04. The topological polar surface area (TPSA) is 75.6 Å². The van der Waals surface area contributed by atoms with E-state index in [2.05, 4.69) is 10.2 Å². The Balaban J connectivity index is 1.98. The van der Waals surface area contributed by atoms with Gasteiger partial charge in [0.25, 0.3) is 10.2 Å². The lowest BCUT2D eigenvalue weighted by atomic mass is 10.3. The van der Waals surface area contributed by atoms with Crippen LogP contribution in [0.4, 0.5) is 0 Å². The van der Waals surface area contributed by atoms with E-state index in [4.69, 9.17) is 4.74 Å². The van der Waals surface area contributed by atoms with Crippen molar-refractivity contribution < 1.29 is 13.2 Å². The molecule has 1 unspecified atom stereocenters. The molecule has 0 radical (unpaired) electrons. The Morgan fingerprint density at radius 1 is 1.37 bits per heavy atom. The standard InChI is InChI=1S/C11H18N4O3S/c1-9-4-5-11(13-12-9)18-10-6-7-15(8-10)19(16,17)14(2)3/h4-5,10H,6-8H2,1-3H3. The molecular weight excluding hydrogens is 268 g/mol. The van der Waals surface area contributed by atoms with Crippen LogP contribution in [0.3, 0.4) is 0 Å². The minimum atomic E-state index is -3.36. The van der Waals surface area contributed by atoms with Crippen LogP contribution in [-0.4, -0.2) is 60.5 Å². The monoisotopic (exact) mass is 286 g/mol. The summed E-state index contributed by atoms with van der Waals surface area (Å²) in [7, 11) is -0.312. The minimum absolute atomic E-state index is 0.174. The maximum Gasteiger partial charge on any atom is 0.281 e. The van der Waals surface area contributed by atoms with Crippen LogP contribution >= 0.6 is 0 Å². The number of aromatic nitrogens is 2. The van der Waals surface area contributed by atoms with Crippen LogP contribution in [0.25, 0.3) is 0 Å². The maximum absolute atomic E-state index is 11.9. The minimum Gasteiger partial charge on any atom is -0.472 e. The number of ether oxygens (including phenoxy) is 1. The van der Waals surface area contributed by atoms with Crippen LogP contribution in [-0.2, 0) is 10.2 Å². The smallest absolute Gasteiger partial charge is 0.281 e. The van der Waals surface area contributed by atoms with Crippen LogP contribution in [0.1, 0.15) is 12.1 Å². The van der Waals surface area contributed by atoms with Gasteiger partial charge in [-0.15, -0.1) is 5.10 Å². The largest absolute Gasteiger partial charge is 0.472 e. The zero-order valence-corrected chi connectivity index (χ0v) is 12.1. The third-order valence-corrected chi connectivity index (χ3v) is 4.86.